The fourth-order valence-corrected chi connectivity index (χ4v) is 2.44. The van der Waals surface area contributed by atoms with Gasteiger partial charge < -0.3 is 29.0 Å². The van der Waals surface area contributed by atoms with Gasteiger partial charge in [0.15, 0.2) is 11.5 Å². The number of nitrogens with zero attached hydrogens (tertiary/aromatic N) is 1. The lowest BCUT2D eigenvalue weighted by atomic mass is 10.2. The summed E-state index contributed by atoms with van der Waals surface area (Å²) in [6, 6.07) is 3.14. The van der Waals surface area contributed by atoms with Crippen LogP contribution in [0, 0.1) is 0 Å². The highest BCUT2D eigenvalue weighted by Crippen LogP contribution is 2.42. The molecule has 0 radical (unpaired) electrons. The quantitative estimate of drug-likeness (QED) is 0.465. The molecule has 10 nitrogen and oxygen atoms in total. The number of amides is 1. The summed E-state index contributed by atoms with van der Waals surface area (Å²) in [4.78, 5) is 36.8. The highest BCUT2D eigenvalue weighted by Gasteiger charge is 2.29. The second-order valence-electron chi connectivity index (χ2n) is 5.19. The van der Waals surface area contributed by atoms with Crippen LogP contribution in [0.5, 0.6) is 11.5 Å². The third kappa shape index (κ3) is 3.34. The molecule has 3 rings (SSSR count). The summed E-state index contributed by atoms with van der Waals surface area (Å²) in [5.41, 5.74) is 0.553. The SMILES string of the molecule is COC(=O)/C=C(/Nc1cc2c(cc1N1CCOC1=O)OCO2)C(=O)OC. The van der Waals surface area contributed by atoms with E-state index < -0.39 is 18.0 Å². The van der Waals surface area contributed by atoms with Crippen molar-refractivity contribution in [3.8, 4) is 11.5 Å². The molecule has 0 aliphatic carbocycles. The molecule has 26 heavy (non-hydrogen) atoms. The molecule has 1 saturated heterocycles. The molecule has 0 unspecified atom stereocenters. The molecule has 1 aromatic carbocycles. The van der Waals surface area contributed by atoms with E-state index >= 15 is 0 Å². The van der Waals surface area contributed by atoms with Crippen LogP contribution in [-0.2, 0) is 23.8 Å². The maximum atomic E-state index is 12.0. The minimum Gasteiger partial charge on any atom is -0.466 e. The molecule has 0 saturated carbocycles. The van der Waals surface area contributed by atoms with Crippen LogP contribution >= 0.6 is 0 Å². The van der Waals surface area contributed by atoms with Crippen molar-refractivity contribution in [1.29, 1.82) is 0 Å². The largest absolute Gasteiger partial charge is 0.466 e. The first-order chi connectivity index (χ1) is 12.5. The van der Waals surface area contributed by atoms with Crippen LogP contribution in [-0.4, -0.2) is 52.2 Å². The number of fused-ring (bicyclic) bond motifs is 1. The fourth-order valence-electron chi connectivity index (χ4n) is 2.44. The number of nitrogens with one attached hydrogen (secondary N) is 1. The van der Waals surface area contributed by atoms with Gasteiger partial charge in [0.25, 0.3) is 0 Å². The molecule has 0 aromatic heterocycles. The van der Waals surface area contributed by atoms with Crippen molar-refractivity contribution in [2.24, 2.45) is 0 Å². The molecule has 1 amide bonds. The Bertz CT molecular complexity index is 789. The standard InChI is InChI=1S/C16H16N2O8/c1-22-14(19)6-10(15(20)23-2)17-9-5-12-13(26-8-25-12)7-11(9)18-3-4-24-16(18)21/h5-7,17H,3-4,8H2,1-2H3/b10-6+. The molecule has 10 heteroatoms. The van der Waals surface area contributed by atoms with E-state index in [1.807, 2.05) is 0 Å². The maximum Gasteiger partial charge on any atom is 0.414 e. The second kappa shape index (κ2) is 7.21. The molecule has 0 bridgehead atoms. The Morgan fingerprint density at radius 3 is 2.50 bits per heavy atom. The van der Waals surface area contributed by atoms with E-state index in [2.05, 4.69) is 14.8 Å². The normalized spacial score (nSPS) is 15.5. The Hall–Kier alpha value is -3.43. The average molecular weight is 364 g/mol. The van der Waals surface area contributed by atoms with Crippen LogP contribution in [0.4, 0.5) is 16.2 Å². The number of anilines is 2. The zero-order chi connectivity index (χ0) is 18.7. The Kier molecular flexibility index (Phi) is 4.83. The van der Waals surface area contributed by atoms with Gasteiger partial charge in [0, 0.05) is 12.1 Å². The number of esters is 2. The minimum atomic E-state index is -0.789. The summed E-state index contributed by atoms with van der Waals surface area (Å²) in [5, 5.41) is 2.79. The zero-order valence-electron chi connectivity index (χ0n) is 14.1. The molecule has 1 aromatic rings. The topological polar surface area (TPSA) is 113 Å². The van der Waals surface area contributed by atoms with Gasteiger partial charge in [-0.25, -0.2) is 14.4 Å². The highest BCUT2D eigenvalue weighted by atomic mass is 16.7. The Balaban J connectivity index is 2.02. The van der Waals surface area contributed by atoms with Gasteiger partial charge in [0.2, 0.25) is 6.79 Å². The number of hydrogen-bond donors (Lipinski definition) is 1. The third-order valence-electron chi connectivity index (χ3n) is 3.68. The van der Waals surface area contributed by atoms with Crippen molar-refractivity contribution in [3.05, 3.63) is 23.9 Å². The molecule has 1 N–H and O–H groups in total. The molecular weight excluding hydrogens is 348 g/mol. The average Bonchev–Trinajstić information content (AvgIpc) is 3.27. The smallest absolute Gasteiger partial charge is 0.414 e. The maximum absolute atomic E-state index is 12.0. The lowest BCUT2D eigenvalue weighted by molar-refractivity contribution is -0.138. The van der Waals surface area contributed by atoms with Crippen molar-refractivity contribution >= 4 is 29.4 Å². The van der Waals surface area contributed by atoms with Crippen LogP contribution in [0.25, 0.3) is 0 Å². The Morgan fingerprint density at radius 2 is 1.88 bits per heavy atom. The van der Waals surface area contributed by atoms with Gasteiger partial charge >= 0.3 is 18.0 Å². The van der Waals surface area contributed by atoms with Crippen molar-refractivity contribution < 1.29 is 38.1 Å². The molecule has 2 aliphatic rings. The van der Waals surface area contributed by atoms with Gasteiger partial charge in [-0.15, -0.1) is 0 Å². The van der Waals surface area contributed by atoms with E-state index in [9.17, 15) is 14.4 Å². The van der Waals surface area contributed by atoms with Crippen molar-refractivity contribution in [2.45, 2.75) is 0 Å². The minimum absolute atomic E-state index is 0.0323. The third-order valence-corrected chi connectivity index (χ3v) is 3.68. The Labute approximate surface area is 148 Å². The van der Waals surface area contributed by atoms with E-state index in [0.717, 1.165) is 6.08 Å². The number of cyclic esters (lactones) is 1. The van der Waals surface area contributed by atoms with Crippen LogP contribution in [0.15, 0.2) is 23.9 Å². The predicted molar refractivity (Wildman–Crippen MR) is 87.0 cm³/mol. The second-order valence-corrected chi connectivity index (χ2v) is 5.19. The van der Waals surface area contributed by atoms with Crippen LogP contribution < -0.4 is 19.7 Å². The monoisotopic (exact) mass is 364 g/mol. The molecule has 0 spiro atoms. The van der Waals surface area contributed by atoms with Gasteiger partial charge in [0.1, 0.15) is 12.3 Å². The predicted octanol–water partition coefficient (Wildman–Crippen LogP) is 1.01. The van der Waals surface area contributed by atoms with Gasteiger partial charge in [-0.3, -0.25) is 4.90 Å². The van der Waals surface area contributed by atoms with E-state index in [1.165, 1.54) is 19.1 Å². The Morgan fingerprint density at radius 1 is 1.15 bits per heavy atom. The summed E-state index contributed by atoms with van der Waals surface area (Å²) in [7, 11) is 2.35. The van der Waals surface area contributed by atoms with Crippen LogP contribution in [0.2, 0.25) is 0 Å². The van der Waals surface area contributed by atoms with Crippen LogP contribution in [0.3, 0.4) is 0 Å². The summed E-state index contributed by atoms with van der Waals surface area (Å²) in [6.45, 7) is 0.584. The first kappa shape index (κ1) is 17.4. The van der Waals surface area contributed by atoms with E-state index in [0.29, 0.717) is 29.4 Å². The molecular formula is C16H16N2O8. The molecule has 138 valence electrons. The first-order valence-corrected chi connectivity index (χ1v) is 7.56. The van der Waals surface area contributed by atoms with E-state index in [4.69, 9.17) is 14.2 Å². The van der Waals surface area contributed by atoms with E-state index in [1.54, 1.807) is 12.1 Å². The first-order valence-electron chi connectivity index (χ1n) is 7.56. The summed E-state index contributed by atoms with van der Waals surface area (Å²) in [5.74, 6) is -0.670. The number of benzene rings is 1. The molecule has 2 aliphatic heterocycles. The van der Waals surface area contributed by atoms with Gasteiger partial charge in [-0.2, -0.15) is 0 Å². The number of carbonyl (C=O) groups is 3. The summed E-state index contributed by atoms with van der Waals surface area (Å²) < 4.78 is 24.8. The number of hydrogen-bond acceptors (Lipinski definition) is 9. The van der Waals surface area contributed by atoms with Gasteiger partial charge in [-0.05, 0) is 0 Å². The lowest BCUT2D eigenvalue weighted by Crippen LogP contribution is -2.25. The lowest BCUT2D eigenvalue weighted by Gasteiger charge is -2.19. The van der Waals surface area contributed by atoms with Gasteiger partial charge in [0.05, 0.1) is 38.2 Å². The number of ether oxygens (including phenoxy) is 5. The molecule has 1 fully saturated rings. The summed E-state index contributed by atoms with van der Waals surface area (Å²) in [6.07, 6.45) is 0.408. The van der Waals surface area contributed by atoms with Gasteiger partial charge in [-0.1, -0.05) is 0 Å². The summed E-state index contributed by atoms with van der Waals surface area (Å²) >= 11 is 0. The van der Waals surface area contributed by atoms with Crippen molar-refractivity contribution in [3.63, 3.8) is 0 Å². The van der Waals surface area contributed by atoms with E-state index in [-0.39, 0.29) is 19.1 Å². The molecule has 0 atom stereocenters. The van der Waals surface area contributed by atoms with Crippen molar-refractivity contribution in [1.82, 2.24) is 0 Å². The number of carbonyl (C=O) groups excluding carboxylic acids is 3. The van der Waals surface area contributed by atoms with Crippen LogP contribution in [0.1, 0.15) is 0 Å². The number of rotatable bonds is 5. The highest BCUT2D eigenvalue weighted by molar-refractivity contribution is 6.01. The molecule has 2 heterocycles. The van der Waals surface area contributed by atoms with Crippen molar-refractivity contribution in [2.75, 3.05) is 44.4 Å². The number of methoxy groups -OCH3 is 2. The zero-order valence-corrected chi connectivity index (χ0v) is 14.1. The fraction of sp³-hybridized carbons (Fsp3) is 0.312.